The number of likely N-dealkylation sites (tertiary alicyclic amines) is 1. The number of unbranched alkanes of at least 4 members (excludes halogenated alkanes) is 1. The fraction of sp³-hybridized carbons (Fsp3) is 0.676. The van der Waals surface area contributed by atoms with Crippen LogP contribution in [0.4, 0.5) is 5.69 Å². The van der Waals surface area contributed by atoms with Crippen LogP contribution in [0.2, 0.25) is 0 Å². The minimum Gasteiger partial charge on any atom is -0.370 e. The average molecular weight is 554 g/mol. The third-order valence-electron chi connectivity index (χ3n) is 7.62. The fourth-order valence-corrected chi connectivity index (χ4v) is 4.98. The first-order chi connectivity index (χ1) is 19.5. The maximum atomic E-state index is 4.03. The van der Waals surface area contributed by atoms with E-state index >= 15 is 0 Å². The van der Waals surface area contributed by atoms with Gasteiger partial charge in [-0.3, -0.25) is 4.90 Å². The van der Waals surface area contributed by atoms with Crippen molar-refractivity contribution in [3.8, 4) is 0 Å². The molecule has 2 rings (SSSR count). The van der Waals surface area contributed by atoms with Crippen molar-refractivity contribution in [3.05, 3.63) is 60.7 Å². The lowest BCUT2D eigenvalue weighted by molar-refractivity contribution is 0.190. The van der Waals surface area contributed by atoms with Gasteiger partial charge in [0.05, 0.1) is 0 Å². The topological polar surface area (TPSA) is 9.72 Å². The van der Waals surface area contributed by atoms with Crippen molar-refractivity contribution in [3.63, 3.8) is 0 Å². The van der Waals surface area contributed by atoms with Crippen LogP contribution in [0.5, 0.6) is 0 Å². The summed E-state index contributed by atoms with van der Waals surface area (Å²) in [7, 11) is 0. The maximum absolute atomic E-state index is 4.03. The van der Waals surface area contributed by atoms with Gasteiger partial charge in [0, 0.05) is 45.0 Å². The molecule has 40 heavy (non-hydrogen) atoms. The molecule has 0 aromatic heterocycles. The highest BCUT2D eigenvalue weighted by Gasteiger charge is 2.18. The van der Waals surface area contributed by atoms with Crippen molar-refractivity contribution < 1.29 is 0 Å². The Kier molecular flexibility index (Phi) is 24.9. The minimum absolute atomic E-state index is 0.563. The van der Waals surface area contributed by atoms with Gasteiger partial charge in [0.15, 0.2) is 0 Å². The second-order valence-electron chi connectivity index (χ2n) is 10.9. The molecule has 1 atom stereocenters. The van der Waals surface area contributed by atoms with Gasteiger partial charge in [-0.05, 0) is 68.3 Å². The number of piperidine rings is 1. The number of benzene rings is 1. The van der Waals surface area contributed by atoms with Crippen molar-refractivity contribution in [2.45, 2.75) is 112 Å². The van der Waals surface area contributed by atoms with E-state index in [-0.39, 0.29) is 0 Å². The summed E-state index contributed by atoms with van der Waals surface area (Å²) in [6, 6.07) is 6.92. The second kappa shape index (κ2) is 26.1. The number of nitrogens with zero attached hydrogens (tertiary/aromatic N) is 3. The Balaban J connectivity index is 0.00000232. The molecule has 1 saturated heterocycles. The summed E-state index contributed by atoms with van der Waals surface area (Å²) >= 11 is 0. The normalized spacial score (nSPS) is 14.2. The number of allylic oxidation sites excluding steroid dienone is 1. The summed E-state index contributed by atoms with van der Waals surface area (Å²) in [6.07, 6.45) is 20.0. The zero-order valence-corrected chi connectivity index (χ0v) is 27.9. The van der Waals surface area contributed by atoms with Crippen molar-refractivity contribution in [2.75, 3.05) is 57.3 Å². The molecule has 1 aromatic carbocycles. The van der Waals surface area contributed by atoms with Gasteiger partial charge in [-0.25, -0.2) is 0 Å². The highest BCUT2D eigenvalue weighted by atomic mass is 15.2. The van der Waals surface area contributed by atoms with Crippen LogP contribution < -0.4 is 4.90 Å². The molecule has 0 radical (unpaired) electrons. The molecule has 1 aromatic rings. The van der Waals surface area contributed by atoms with E-state index in [0.717, 1.165) is 45.6 Å². The summed E-state index contributed by atoms with van der Waals surface area (Å²) < 4.78 is 0. The van der Waals surface area contributed by atoms with E-state index in [1.807, 2.05) is 19.9 Å². The molecule has 1 unspecified atom stereocenters. The summed E-state index contributed by atoms with van der Waals surface area (Å²) in [6.45, 7) is 32.4. The first-order valence-electron chi connectivity index (χ1n) is 16.8. The molecule has 0 spiro atoms. The largest absolute Gasteiger partial charge is 0.370 e. The third-order valence-corrected chi connectivity index (χ3v) is 7.62. The van der Waals surface area contributed by atoms with Gasteiger partial charge in [-0.2, -0.15) is 0 Å². The fourth-order valence-electron chi connectivity index (χ4n) is 4.98. The molecule has 1 aliphatic rings. The van der Waals surface area contributed by atoms with Gasteiger partial charge in [0.2, 0.25) is 0 Å². The molecule has 230 valence electrons. The summed E-state index contributed by atoms with van der Waals surface area (Å²) in [4.78, 5) is 7.91. The van der Waals surface area contributed by atoms with Crippen molar-refractivity contribution in [1.29, 1.82) is 0 Å². The Labute approximate surface area is 251 Å². The monoisotopic (exact) mass is 554 g/mol. The molecule has 3 heteroatoms. The molecular weight excluding hydrogens is 486 g/mol. The summed E-state index contributed by atoms with van der Waals surface area (Å²) in [5, 5.41) is 0. The van der Waals surface area contributed by atoms with E-state index in [9.17, 15) is 0 Å². The van der Waals surface area contributed by atoms with E-state index in [1.165, 1.54) is 81.4 Å². The molecular formula is C37H67N3. The standard InChI is InChI=1S/C31H51N3.C4H10.C2H6/c1-6-10-13-19-33(24-23-32-20-14-12-15-21-32)25-26-34(22-11-7-2)31-27-29(9-4)17-18-30(31)28(5)16-8-3;1-3-4-2;1-2/h7,9-10,13,17-18,27-28H,2,4,6,8,11-12,14-16,19-26H2,1,3,5H3;3-4H2,1-2H3;1-2H3/b13-10+;;. The van der Waals surface area contributed by atoms with E-state index in [1.54, 1.807) is 0 Å². The molecule has 3 nitrogen and oxygen atoms in total. The van der Waals surface area contributed by atoms with Crippen molar-refractivity contribution in [2.24, 2.45) is 0 Å². The molecule has 1 heterocycles. The van der Waals surface area contributed by atoms with E-state index in [2.05, 4.69) is 98.9 Å². The van der Waals surface area contributed by atoms with Crippen LogP contribution in [0.3, 0.4) is 0 Å². The van der Waals surface area contributed by atoms with Crippen LogP contribution in [0, 0.1) is 0 Å². The number of rotatable bonds is 18. The molecule has 0 bridgehead atoms. The Morgan fingerprint density at radius 1 is 0.875 bits per heavy atom. The van der Waals surface area contributed by atoms with E-state index in [0.29, 0.717) is 5.92 Å². The van der Waals surface area contributed by atoms with Crippen molar-refractivity contribution in [1.82, 2.24) is 9.80 Å². The molecule has 0 amide bonds. The van der Waals surface area contributed by atoms with Crippen LogP contribution >= 0.6 is 0 Å². The first-order valence-corrected chi connectivity index (χ1v) is 16.8. The van der Waals surface area contributed by atoms with Crippen LogP contribution in [0.25, 0.3) is 6.08 Å². The van der Waals surface area contributed by atoms with E-state index < -0.39 is 0 Å². The molecule has 0 saturated carbocycles. The number of hydrogen-bond donors (Lipinski definition) is 0. The summed E-state index contributed by atoms with van der Waals surface area (Å²) in [5.74, 6) is 0.563. The Bertz CT molecular complexity index is 761. The van der Waals surface area contributed by atoms with Gasteiger partial charge in [-0.1, -0.05) is 117 Å². The highest BCUT2D eigenvalue weighted by Crippen LogP contribution is 2.32. The predicted molar refractivity (Wildman–Crippen MR) is 185 cm³/mol. The van der Waals surface area contributed by atoms with Gasteiger partial charge in [0.25, 0.3) is 0 Å². The highest BCUT2D eigenvalue weighted by molar-refractivity contribution is 5.62. The van der Waals surface area contributed by atoms with Crippen LogP contribution in [-0.4, -0.2) is 62.2 Å². The lowest BCUT2D eigenvalue weighted by Crippen LogP contribution is -2.41. The second-order valence-corrected chi connectivity index (χ2v) is 10.9. The summed E-state index contributed by atoms with van der Waals surface area (Å²) in [5.41, 5.74) is 4.07. The Hall–Kier alpha value is -1.84. The third kappa shape index (κ3) is 16.4. The number of hydrogen-bond acceptors (Lipinski definition) is 3. The van der Waals surface area contributed by atoms with Gasteiger partial charge < -0.3 is 9.80 Å². The molecule has 0 N–H and O–H groups in total. The zero-order valence-electron chi connectivity index (χ0n) is 27.9. The SMILES string of the molecule is C=CCCN(CCN(C/C=C/CC)CCN1CCCCC1)c1cc(C=C)ccc1C(C)CCC.CC.CCCC. The lowest BCUT2D eigenvalue weighted by Gasteiger charge is -2.33. The quantitative estimate of drug-likeness (QED) is 0.167. The van der Waals surface area contributed by atoms with Gasteiger partial charge >= 0.3 is 0 Å². The van der Waals surface area contributed by atoms with Crippen LogP contribution in [-0.2, 0) is 0 Å². The van der Waals surface area contributed by atoms with Crippen LogP contribution in [0.1, 0.15) is 123 Å². The maximum Gasteiger partial charge on any atom is 0.0408 e. The van der Waals surface area contributed by atoms with Gasteiger partial charge in [0.1, 0.15) is 0 Å². The average Bonchev–Trinajstić information content (AvgIpc) is 3.01. The Morgan fingerprint density at radius 2 is 1.57 bits per heavy atom. The lowest BCUT2D eigenvalue weighted by atomic mass is 9.93. The predicted octanol–water partition coefficient (Wildman–Crippen LogP) is 10.2. The minimum atomic E-state index is 0.563. The number of anilines is 1. The Morgan fingerprint density at radius 3 is 2.15 bits per heavy atom. The molecule has 1 fully saturated rings. The smallest absolute Gasteiger partial charge is 0.0408 e. The zero-order chi connectivity index (χ0) is 30.0. The van der Waals surface area contributed by atoms with E-state index in [4.69, 9.17) is 0 Å². The molecule has 0 aliphatic carbocycles. The van der Waals surface area contributed by atoms with Crippen LogP contribution in [0.15, 0.2) is 49.6 Å². The van der Waals surface area contributed by atoms with Crippen molar-refractivity contribution >= 4 is 11.8 Å². The first kappa shape index (κ1) is 38.2. The molecule has 1 aliphatic heterocycles. The van der Waals surface area contributed by atoms with Gasteiger partial charge in [-0.15, -0.1) is 6.58 Å².